The van der Waals surface area contributed by atoms with Crippen LogP contribution in [0.25, 0.3) is 0 Å². The molecule has 0 aliphatic carbocycles. The molecular formula is C9H13BrN2. The van der Waals surface area contributed by atoms with Gasteiger partial charge in [0.25, 0.3) is 0 Å². The van der Waals surface area contributed by atoms with Gasteiger partial charge in [0.1, 0.15) is 0 Å². The van der Waals surface area contributed by atoms with Crippen LogP contribution in [0.5, 0.6) is 0 Å². The Morgan fingerprint density at radius 1 is 1.42 bits per heavy atom. The third-order valence-corrected chi connectivity index (χ3v) is 2.26. The van der Waals surface area contributed by atoms with Crippen LogP contribution in [0.2, 0.25) is 0 Å². The highest BCUT2D eigenvalue weighted by molar-refractivity contribution is 9.10. The Morgan fingerprint density at radius 2 is 2.08 bits per heavy atom. The third-order valence-electron chi connectivity index (χ3n) is 1.83. The fourth-order valence-corrected chi connectivity index (χ4v) is 1.38. The second kappa shape index (κ2) is 4.01. The molecule has 0 radical (unpaired) electrons. The van der Waals surface area contributed by atoms with Crippen molar-refractivity contribution in [2.75, 3.05) is 0 Å². The van der Waals surface area contributed by atoms with Gasteiger partial charge in [0.05, 0.1) is 0 Å². The first kappa shape index (κ1) is 9.68. The molecule has 0 aliphatic rings. The van der Waals surface area contributed by atoms with Crippen molar-refractivity contribution in [2.24, 2.45) is 11.7 Å². The minimum atomic E-state index is 0.0787. The molecule has 2 N–H and O–H groups in total. The van der Waals surface area contributed by atoms with Gasteiger partial charge in [-0.25, -0.2) is 0 Å². The van der Waals surface area contributed by atoms with Gasteiger partial charge in [-0.2, -0.15) is 0 Å². The molecule has 1 aromatic rings. The lowest BCUT2D eigenvalue weighted by Crippen LogP contribution is -2.16. The van der Waals surface area contributed by atoms with E-state index in [0.717, 1.165) is 10.0 Å². The summed E-state index contributed by atoms with van der Waals surface area (Å²) in [5, 5.41) is 0. The summed E-state index contributed by atoms with van der Waals surface area (Å²) >= 11 is 3.36. The predicted octanol–water partition coefficient (Wildman–Crippen LogP) is 2.50. The number of halogens is 1. The molecule has 0 bridgehead atoms. The summed E-state index contributed by atoms with van der Waals surface area (Å²) in [4.78, 5) is 4.06. The SMILES string of the molecule is CC(C)[C@H](N)c1cncc(Br)c1. The van der Waals surface area contributed by atoms with Crippen molar-refractivity contribution in [3.63, 3.8) is 0 Å². The van der Waals surface area contributed by atoms with E-state index in [0.29, 0.717) is 5.92 Å². The Bertz CT molecular complexity index is 260. The van der Waals surface area contributed by atoms with Crippen molar-refractivity contribution in [1.29, 1.82) is 0 Å². The summed E-state index contributed by atoms with van der Waals surface area (Å²) in [5.41, 5.74) is 7.03. The molecule has 0 spiro atoms. The summed E-state index contributed by atoms with van der Waals surface area (Å²) in [6, 6.07) is 2.09. The normalized spacial score (nSPS) is 13.4. The highest BCUT2D eigenvalue weighted by Crippen LogP contribution is 2.20. The van der Waals surface area contributed by atoms with Gasteiger partial charge >= 0.3 is 0 Å². The van der Waals surface area contributed by atoms with Gasteiger partial charge in [-0.15, -0.1) is 0 Å². The monoisotopic (exact) mass is 228 g/mol. The van der Waals surface area contributed by atoms with Crippen molar-refractivity contribution in [3.05, 3.63) is 28.5 Å². The van der Waals surface area contributed by atoms with Gasteiger partial charge in [-0.1, -0.05) is 13.8 Å². The molecule has 0 fully saturated rings. The summed E-state index contributed by atoms with van der Waals surface area (Å²) in [5.74, 6) is 0.445. The second-order valence-electron chi connectivity index (χ2n) is 3.21. The van der Waals surface area contributed by atoms with Crippen molar-refractivity contribution in [1.82, 2.24) is 4.98 Å². The van der Waals surface area contributed by atoms with E-state index in [4.69, 9.17) is 5.73 Å². The number of pyridine rings is 1. The van der Waals surface area contributed by atoms with Crippen LogP contribution < -0.4 is 5.73 Å². The molecule has 12 heavy (non-hydrogen) atoms. The minimum Gasteiger partial charge on any atom is -0.324 e. The molecule has 0 saturated carbocycles. The summed E-state index contributed by atoms with van der Waals surface area (Å²) in [7, 11) is 0. The molecule has 66 valence electrons. The fraction of sp³-hybridized carbons (Fsp3) is 0.444. The number of rotatable bonds is 2. The number of nitrogens with zero attached hydrogens (tertiary/aromatic N) is 1. The zero-order valence-electron chi connectivity index (χ0n) is 7.29. The first-order valence-electron chi connectivity index (χ1n) is 3.97. The van der Waals surface area contributed by atoms with E-state index in [-0.39, 0.29) is 6.04 Å². The lowest BCUT2D eigenvalue weighted by Gasteiger charge is -2.15. The molecule has 0 saturated heterocycles. The van der Waals surface area contributed by atoms with Crippen LogP contribution >= 0.6 is 15.9 Å². The highest BCUT2D eigenvalue weighted by Gasteiger charge is 2.10. The van der Waals surface area contributed by atoms with Crippen LogP contribution in [-0.2, 0) is 0 Å². The van der Waals surface area contributed by atoms with E-state index < -0.39 is 0 Å². The zero-order chi connectivity index (χ0) is 9.14. The lowest BCUT2D eigenvalue weighted by atomic mass is 9.99. The van der Waals surface area contributed by atoms with Crippen LogP contribution in [0.15, 0.2) is 22.9 Å². The van der Waals surface area contributed by atoms with Gasteiger partial charge in [-0.3, -0.25) is 4.98 Å². The maximum atomic E-state index is 5.95. The van der Waals surface area contributed by atoms with E-state index in [2.05, 4.69) is 34.8 Å². The standard InChI is InChI=1S/C9H13BrN2/c1-6(2)9(11)7-3-8(10)5-12-4-7/h3-6,9H,11H2,1-2H3/t9-/m0/s1. The molecule has 0 aromatic carbocycles. The van der Waals surface area contributed by atoms with Crippen LogP contribution in [-0.4, -0.2) is 4.98 Å². The Balaban J connectivity index is 2.88. The highest BCUT2D eigenvalue weighted by atomic mass is 79.9. The summed E-state index contributed by atoms with van der Waals surface area (Å²) in [6.45, 7) is 4.21. The first-order valence-corrected chi connectivity index (χ1v) is 4.76. The topological polar surface area (TPSA) is 38.9 Å². The number of hydrogen-bond acceptors (Lipinski definition) is 2. The molecule has 3 heteroatoms. The maximum Gasteiger partial charge on any atom is 0.0410 e. The maximum absolute atomic E-state index is 5.95. The van der Waals surface area contributed by atoms with Crippen LogP contribution in [0, 0.1) is 5.92 Å². The van der Waals surface area contributed by atoms with Crippen molar-refractivity contribution in [2.45, 2.75) is 19.9 Å². The molecule has 1 atom stereocenters. The average molecular weight is 229 g/mol. The quantitative estimate of drug-likeness (QED) is 0.846. The third kappa shape index (κ3) is 2.29. The summed E-state index contributed by atoms with van der Waals surface area (Å²) < 4.78 is 0.983. The molecule has 0 unspecified atom stereocenters. The van der Waals surface area contributed by atoms with E-state index in [1.807, 2.05) is 12.3 Å². The average Bonchev–Trinajstić information content (AvgIpc) is 2.03. The molecule has 0 aliphatic heterocycles. The first-order chi connectivity index (χ1) is 5.61. The zero-order valence-corrected chi connectivity index (χ0v) is 8.88. The van der Waals surface area contributed by atoms with Crippen molar-refractivity contribution < 1.29 is 0 Å². The molecule has 2 nitrogen and oxygen atoms in total. The van der Waals surface area contributed by atoms with E-state index in [1.54, 1.807) is 6.20 Å². The van der Waals surface area contributed by atoms with Crippen LogP contribution in [0.4, 0.5) is 0 Å². The van der Waals surface area contributed by atoms with E-state index >= 15 is 0 Å². The van der Waals surface area contributed by atoms with Gasteiger partial charge < -0.3 is 5.73 Å². The minimum absolute atomic E-state index is 0.0787. The summed E-state index contributed by atoms with van der Waals surface area (Å²) in [6.07, 6.45) is 3.58. The molecule has 1 aromatic heterocycles. The number of nitrogens with two attached hydrogens (primary N) is 1. The number of hydrogen-bond donors (Lipinski definition) is 1. The molecular weight excluding hydrogens is 216 g/mol. The Hall–Kier alpha value is -0.410. The van der Waals surface area contributed by atoms with Gasteiger partial charge in [0.2, 0.25) is 0 Å². The van der Waals surface area contributed by atoms with Gasteiger partial charge in [-0.05, 0) is 33.5 Å². The van der Waals surface area contributed by atoms with E-state index in [9.17, 15) is 0 Å². The largest absolute Gasteiger partial charge is 0.324 e. The van der Waals surface area contributed by atoms with Crippen molar-refractivity contribution >= 4 is 15.9 Å². The van der Waals surface area contributed by atoms with E-state index in [1.165, 1.54) is 0 Å². The van der Waals surface area contributed by atoms with Crippen molar-refractivity contribution in [3.8, 4) is 0 Å². The smallest absolute Gasteiger partial charge is 0.0410 e. The van der Waals surface area contributed by atoms with Gasteiger partial charge in [0, 0.05) is 22.9 Å². The molecule has 0 amide bonds. The molecule has 1 heterocycles. The van der Waals surface area contributed by atoms with Gasteiger partial charge in [0.15, 0.2) is 0 Å². The predicted molar refractivity (Wildman–Crippen MR) is 53.7 cm³/mol. The number of aromatic nitrogens is 1. The molecule has 1 rings (SSSR count). The Kier molecular flexibility index (Phi) is 3.23. The van der Waals surface area contributed by atoms with Crippen LogP contribution in [0.3, 0.4) is 0 Å². The Morgan fingerprint density at radius 3 is 2.58 bits per heavy atom. The second-order valence-corrected chi connectivity index (χ2v) is 4.12. The Labute approximate surface area is 81.3 Å². The lowest BCUT2D eigenvalue weighted by molar-refractivity contribution is 0.513. The fourth-order valence-electron chi connectivity index (χ4n) is 0.995. The van der Waals surface area contributed by atoms with Crippen LogP contribution in [0.1, 0.15) is 25.5 Å².